The van der Waals surface area contributed by atoms with Crippen molar-refractivity contribution < 1.29 is 14.3 Å². The van der Waals surface area contributed by atoms with Gasteiger partial charge in [-0.05, 0) is 29.7 Å². The number of rotatable bonds is 3. The summed E-state index contributed by atoms with van der Waals surface area (Å²) >= 11 is 0. The van der Waals surface area contributed by atoms with Crippen LogP contribution in [0.4, 0.5) is 4.39 Å². The Labute approximate surface area is 116 Å². The zero-order valence-corrected chi connectivity index (χ0v) is 10.8. The lowest BCUT2D eigenvalue weighted by atomic mass is 9.77. The maximum absolute atomic E-state index is 13.5. The van der Waals surface area contributed by atoms with Crippen molar-refractivity contribution in [1.29, 1.82) is 0 Å². The Balaban J connectivity index is 1.64. The second-order valence-electron chi connectivity index (χ2n) is 4.97. The first-order valence-corrected chi connectivity index (χ1v) is 6.49. The van der Waals surface area contributed by atoms with Crippen molar-refractivity contribution in [2.24, 2.45) is 0 Å². The summed E-state index contributed by atoms with van der Waals surface area (Å²) in [5.74, 6) is -1.05. The number of aromatic hydroxyl groups is 1. The van der Waals surface area contributed by atoms with Crippen molar-refractivity contribution in [2.45, 2.75) is 12.3 Å². The van der Waals surface area contributed by atoms with Crippen LogP contribution in [-0.2, 0) is 6.42 Å². The summed E-state index contributed by atoms with van der Waals surface area (Å²) < 4.78 is 13.5. The molecule has 0 radical (unpaired) electrons. The van der Waals surface area contributed by atoms with Crippen LogP contribution in [0, 0.1) is 5.82 Å². The molecule has 0 aromatic heterocycles. The minimum atomic E-state index is -0.712. The average Bonchev–Trinajstić information content (AvgIpc) is 2.39. The van der Waals surface area contributed by atoms with Crippen molar-refractivity contribution in [2.75, 3.05) is 6.54 Å². The number of phenols is 1. The van der Waals surface area contributed by atoms with E-state index in [4.69, 9.17) is 5.11 Å². The Hall–Kier alpha value is -2.36. The molecule has 0 bridgehead atoms. The molecule has 0 heterocycles. The first kappa shape index (κ1) is 12.7. The Bertz CT molecular complexity index is 669. The van der Waals surface area contributed by atoms with Crippen molar-refractivity contribution in [3.63, 3.8) is 0 Å². The summed E-state index contributed by atoms with van der Waals surface area (Å²) in [6, 6.07) is 11.6. The highest BCUT2D eigenvalue weighted by Gasteiger charge is 2.25. The maximum Gasteiger partial charge on any atom is 0.254 e. The minimum Gasteiger partial charge on any atom is -0.508 e. The van der Waals surface area contributed by atoms with Crippen LogP contribution in [0.25, 0.3) is 0 Å². The third kappa shape index (κ3) is 2.25. The number of hydrogen-bond donors (Lipinski definition) is 2. The van der Waals surface area contributed by atoms with E-state index < -0.39 is 11.7 Å². The fourth-order valence-corrected chi connectivity index (χ4v) is 2.54. The summed E-state index contributed by atoms with van der Waals surface area (Å²) in [6.45, 7) is 0.496. The van der Waals surface area contributed by atoms with Crippen LogP contribution in [0.15, 0.2) is 42.5 Å². The monoisotopic (exact) mass is 271 g/mol. The van der Waals surface area contributed by atoms with E-state index in [0.29, 0.717) is 12.5 Å². The molecule has 1 unspecified atom stereocenters. The molecule has 1 amide bonds. The molecule has 1 atom stereocenters. The van der Waals surface area contributed by atoms with Crippen molar-refractivity contribution in [1.82, 2.24) is 5.32 Å². The number of benzene rings is 2. The van der Waals surface area contributed by atoms with Crippen LogP contribution < -0.4 is 5.32 Å². The molecule has 0 saturated carbocycles. The van der Waals surface area contributed by atoms with Gasteiger partial charge in [-0.25, -0.2) is 4.39 Å². The molecule has 3 rings (SSSR count). The maximum atomic E-state index is 13.5. The molecule has 0 fully saturated rings. The molecule has 0 aliphatic heterocycles. The quantitative estimate of drug-likeness (QED) is 0.901. The first-order valence-electron chi connectivity index (χ1n) is 6.49. The molecular weight excluding hydrogens is 257 g/mol. The number of amides is 1. The second kappa shape index (κ2) is 4.96. The van der Waals surface area contributed by atoms with Gasteiger partial charge in [0.05, 0.1) is 5.56 Å². The highest BCUT2D eigenvalue weighted by atomic mass is 19.1. The largest absolute Gasteiger partial charge is 0.508 e. The van der Waals surface area contributed by atoms with Gasteiger partial charge >= 0.3 is 0 Å². The third-order valence-electron chi connectivity index (χ3n) is 3.67. The number of halogens is 1. The highest BCUT2D eigenvalue weighted by molar-refractivity contribution is 5.94. The van der Waals surface area contributed by atoms with Crippen LogP contribution in [0.2, 0.25) is 0 Å². The van der Waals surface area contributed by atoms with Crippen molar-refractivity contribution in [3.8, 4) is 5.75 Å². The summed E-state index contributed by atoms with van der Waals surface area (Å²) in [7, 11) is 0. The molecule has 0 saturated heterocycles. The van der Waals surface area contributed by atoms with E-state index in [1.807, 2.05) is 12.1 Å². The number of carbonyl (C=O) groups excluding carboxylic acids is 1. The summed E-state index contributed by atoms with van der Waals surface area (Å²) in [6.07, 6.45) is 0.939. The minimum absolute atomic E-state index is 0.0459. The predicted molar refractivity (Wildman–Crippen MR) is 73.3 cm³/mol. The Morgan fingerprint density at radius 3 is 2.85 bits per heavy atom. The normalized spacial score (nSPS) is 16.1. The molecule has 2 aromatic rings. The molecule has 1 aliphatic carbocycles. The van der Waals surface area contributed by atoms with Gasteiger partial charge in [-0.15, -0.1) is 0 Å². The summed E-state index contributed by atoms with van der Waals surface area (Å²) in [4.78, 5) is 11.9. The first-order chi connectivity index (χ1) is 9.65. The van der Waals surface area contributed by atoms with E-state index in [2.05, 4.69) is 17.4 Å². The highest BCUT2D eigenvalue weighted by Crippen LogP contribution is 2.34. The van der Waals surface area contributed by atoms with Gasteiger partial charge in [0.15, 0.2) is 0 Å². The van der Waals surface area contributed by atoms with Crippen LogP contribution in [0.3, 0.4) is 0 Å². The van der Waals surface area contributed by atoms with E-state index in [1.54, 1.807) is 0 Å². The SMILES string of the molecule is O=C(NCC1Cc2ccccc21)c1ccc(O)cc1F. The molecule has 2 N–H and O–H groups in total. The number of hydrogen-bond acceptors (Lipinski definition) is 2. The topological polar surface area (TPSA) is 49.3 Å². The number of carbonyl (C=O) groups is 1. The van der Waals surface area contributed by atoms with Gasteiger partial charge in [-0.3, -0.25) is 4.79 Å². The van der Waals surface area contributed by atoms with Gasteiger partial charge < -0.3 is 10.4 Å². The van der Waals surface area contributed by atoms with Gasteiger partial charge in [0.25, 0.3) is 5.91 Å². The van der Waals surface area contributed by atoms with Gasteiger partial charge in [0.1, 0.15) is 11.6 Å². The lowest BCUT2D eigenvalue weighted by molar-refractivity contribution is 0.0946. The number of nitrogens with one attached hydrogen (secondary N) is 1. The molecule has 2 aromatic carbocycles. The van der Waals surface area contributed by atoms with Gasteiger partial charge in [0.2, 0.25) is 0 Å². The third-order valence-corrected chi connectivity index (χ3v) is 3.67. The molecule has 3 nitrogen and oxygen atoms in total. The van der Waals surface area contributed by atoms with E-state index >= 15 is 0 Å². The summed E-state index contributed by atoms with van der Waals surface area (Å²) in [5, 5.41) is 11.9. The van der Waals surface area contributed by atoms with Gasteiger partial charge in [-0.2, -0.15) is 0 Å². The fourth-order valence-electron chi connectivity index (χ4n) is 2.54. The van der Waals surface area contributed by atoms with Gasteiger partial charge in [-0.1, -0.05) is 24.3 Å². The zero-order valence-electron chi connectivity index (χ0n) is 10.8. The molecule has 1 aliphatic rings. The van der Waals surface area contributed by atoms with Crippen LogP contribution in [-0.4, -0.2) is 17.6 Å². The van der Waals surface area contributed by atoms with Crippen molar-refractivity contribution >= 4 is 5.91 Å². The Morgan fingerprint density at radius 2 is 2.10 bits per heavy atom. The lowest BCUT2D eigenvalue weighted by Gasteiger charge is -2.30. The standard InChI is InChI=1S/C16H14FNO2/c17-15-8-12(19)5-6-14(15)16(20)18-9-11-7-10-3-1-2-4-13(10)11/h1-6,8,11,19H,7,9H2,(H,18,20). The average molecular weight is 271 g/mol. The van der Waals surface area contributed by atoms with Gasteiger partial charge in [0, 0.05) is 18.5 Å². The second-order valence-corrected chi connectivity index (χ2v) is 4.97. The molecular formula is C16H14FNO2. The fraction of sp³-hybridized carbons (Fsp3) is 0.188. The van der Waals surface area contributed by atoms with E-state index in [0.717, 1.165) is 12.5 Å². The Morgan fingerprint density at radius 1 is 1.30 bits per heavy atom. The Kier molecular flexibility index (Phi) is 3.14. The van der Waals surface area contributed by atoms with Crippen LogP contribution in [0.1, 0.15) is 27.4 Å². The van der Waals surface area contributed by atoms with E-state index in [1.165, 1.54) is 23.3 Å². The molecule has 4 heteroatoms. The van der Waals surface area contributed by atoms with E-state index in [-0.39, 0.29) is 11.3 Å². The summed E-state index contributed by atoms with van der Waals surface area (Å²) in [5.41, 5.74) is 2.51. The van der Waals surface area contributed by atoms with Crippen LogP contribution >= 0.6 is 0 Å². The molecule has 0 spiro atoms. The zero-order chi connectivity index (χ0) is 14.1. The molecule has 102 valence electrons. The number of phenolic OH excluding ortho intramolecular Hbond substituents is 1. The number of fused-ring (bicyclic) bond motifs is 1. The van der Waals surface area contributed by atoms with Crippen molar-refractivity contribution in [3.05, 3.63) is 65.0 Å². The van der Waals surface area contributed by atoms with Crippen LogP contribution in [0.5, 0.6) is 5.75 Å². The smallest absolute Gasteiger partial charge is 0.254 e. The predicted octanol–water partition coefficient (Wildman–Crippen LogP) is 2.60. The van der Waals surface area contributed by atoms with E-state index in [9.17, 15) is 9.18 Å². The lowest BCUT2D eigenvalue weighted by Crippen LogP contribution is -2.33. The molecule has 20 heavy (non-hydrogen) atoms.